The Labute approximate surface area is 144 Å². The van der Waals surface area contributed by atoms with Crippen LogP contribution in [0.25, 0.3) is 0 Å². The number of imide groups is 1. The Morgan fingerprint density at radius 3 is 2.08 bits per heavy atom. The molecule has 0 saturated carbocycles. The zero-order valence-corrected chi connectivity index (χ0v) is 13.3. The van der Waals surface area contributed by atoms with Crippen molar-refractivity contribution in [3.05, 3.63) is 71.8 Å². The third kappa shape index (κ3) is 4.21. The van der Waals surface area contributed by atoms with E-state index in [1.165, 1.54) is 0 Å². The van der Waals surface area contributed by atoms with Crippen LogP contribution in [0.15, 0.2) is 60.7 Å². The fourth-order valence-corrected chi connectivity index (χ4v) is 2.51. The molecule has 2 aromatic carbocycles. The third-order valence-corrected chi connectivity index (χ3v) is 3.64. The first-order chi connectivity index (χ1) is 12.1. The van der Waals surface area contributed by atoms with Crippen LogP contribution < -0.4 is 10.7 Å². The molecule has 0 spiro atoms. The molecule has 0 bridgehead atoms. The Morgan fingerprint density at radius 1 is 1.04 bits per heavy atom. The van der Waals surface area contributed by atoms with Crippen LogP contribution in [0.4, 0.5) is 4.79 Å². The highest BCUT2D eigenvalue weighted by Gasteiger charge is 2.28. The molecule has 2 N–H and O–H groups in total. The van der Waals surface area contributed by atoms with Gasteiger partial charge < -0.3 is 4.74 Å². The van der Waals surface area contributed by atoms with Crippen molar-refractivity contribution in [2.75, 3.05) is 13.2 Å². The Morgan fingerprint density at radius 2 is 1.60 bits per heavy atom. The molecule has 3 rings (SSSR count). The summed E-state index contributed by atoms with van der Waals surface area (Å²) < 4.78 is 5.79. The molecule has 0 unspecified atom stereocenters. The smallest absolute Gasteiger partial charge is 0.343 e. The maximum Gasteiger partial charge on any atom is 0.343 e. The van der Waals surface area contributed by atoms with Crippen molar-refractivity contribution in [3.8, 4) is 0 Å². The summed E-state index contributed by atoms with van der Waals surface area (Å²) in [5.41, 5.74) is 4.18. The lowest BCUT2D eigenvalue weighted by Gasteiger charge is -2.20. The number of nitrogens with one attached hydrogen (secondary N) is 2. The lowest BCUT2D eigenvalue weighted by Crippen LogP contribution is -2.45. The van der Waals surface area contributed by atoms with Gasteiger partial charge in [0.15, 0.2) is 0 Å². The fourth-order valence-electron chi connectivity index (χ4n) is 2.51. The summed E-state index contributed by atoms with van der Waals surface area (Å²) in [7, 11) is 0. The van der Waals surface area contributed by atoms with Crippen LogP contribution in [-0.4, -0.2) is 36.0 Å². The average Bonchev–Trinajstić information content (AvgIpc) is 2.94. The number of hydrogen-bond donors (Lipinski definition) is 2. The molecule has 7 heteroatoms. The van der Waals surface area contributed by atoms with Crippen molar-refractivity contribution >= 4 is 17.8 Å². The Hall–Kier alpha value is -3.19. The standard InChI is InChI=1S/C18H17N3O4/c22-15-11-21(18(24)19-15)20-16(23)12-25-17(13-7-3-1-4-8-13)14-9-5-2-6-10-14/h1-10,17H,11-12H2,(H,20,23)(H,19,22,24). The van der Waals surface area contributed by atoms with Gasteiger partial charge in [0, 0.05) is 0 Å². The molecule has 2 aromatic rings. The molecule has 1 saturated heterocycles. The first-order valence-electron chi connectivity index (χ1n) is 7.76. The molecule has 1 fully saturated rings. The number of rotatable bonds is 6. The van der Waals surface area contributed by atoms with E-state index in [1.807, 2.05) is 60.7 Å². The summed E-state index contributed by atoms with van der Waals surface area (Å²) in [6.45, 7) is -0.461. The molecular formula is C18H17N3O4. The second kappa shape index (κ2) is 7.59. The first kappa shape index (κ1) is 16.7. The monoisotopic (exact) mass is 339 g/mol. The summed E-state index contributed by atoms with van der Waals surface area (Å²) in [6.07, 6.45) is -0.415. The van der Waals surface area contributed by atoms with Crippen molar-refractivity contribution in [1.82, 2.24) is 15.8 Å². The van der Waals surface area contributed by atoms with Gasteiger partial charge in [-0.25, -0.2) is 9.80 Å². The van der Waals surface area contributed by atoms with E-state index in [1.54, 1.807) is 0 Å². The molecule has 0 aromatic heterocycles. The van der Waals surface area contributed by atoms with Crippen molar-refractivity contribution in [2.45, 2.75) is 6.10 Å². The van der Waals surface area contributed by atoms with Gasteiger partial charge in [0.05, 0.1) is 0 Å². The van der Waals surface area contributed by atoms with Crippen molar-refractivity contribution < 1.29 is 19.1 Å². The van der Waals surface area contributed by atoms with E-state index in [0.717, 1.165) is 16.1 Å². The van der Waals surface area contributed by atoms with Gasteiger partial charge in [-0.05, 0) is 11.1 Å². The third-order valence-electron chi connectivity index (χ3n) is 3.64. The predicted octanol–water partition coefficient (Wildman–Crippen LogP) is 1.38. The molecule has 7 nitrogen and oxygen atoms in total. The Bertz CT molecular complexity index is 725. The molecule has 0 aliphatic carbocycles. The number of hydrogen-bond acceptors (Lipinski definition) is 4. The van der Waals surface area contributed by atoms with E-state index in [2.05, 4.69) is 10.7 Å². The summed E-state index contributed by atoms with van der Waals surface area (Å²) >= 11 is 0. The SMILES string of the molecule is O=C1CN(NC(=O)COC(c2ccccc2)c2ccccc2)C(=O)N1. The predicted molar refractivity (Wildman–Crippen MR) is 89.1 cm³/mol. The second-order valence-corrected chi connectivity index (χ2v) is 5.49. The van der Waals surface area contributed by atoms with Crippen LogP contribution in [0.5, 0.6) is 0 Å². The zero-order chi connectivity index (χ0) is 17.6. The summed E-state index contributed by atoms with van der Waals surface area (Å²) in [4.78, 5) is 34.6. The van der Waals surface area contributed by atoms with Crippen molar-refractivity contribution in [1.29, 1.82) is 0 Å². The number of carbonyl (C=O) groups is 3. The Balaban J connectivity index is 1.66. The molecule has 0 radical (unpaired) electrons. The maximum atomic E-state index is 12.0. The van der Waals surface area contributed by atoms with Gasteiger partial charge in [-0.3, -0.25) is 20.3 Å². The normalized spacial score (nSPS) is 13.9. The molecule has 128 valence electrons. The number of ether oxygens (including phenoxy) is 1. The van der Waals surface area contributed by atoms with Gasteiger partial charge in [-0.1, -0.05) is 60.7 Å². The first-order valence-corrected chi connectivity index (χ1v) is 7.76. The van der Waals surface area contributed by atoms with Gasteiger partial charge in [-0.15, -0.1) is 0 Å². The van der Waals surface area contributed by atoms with Crippen LogP contribution in [0.3, 0.4) is 0 Å². The number of nitrogens with zero attached hydrogens (tertiary/aromatic N) is 1. The van der Waals surface area contributed by atoms with Gasteiger partial charge in [-0.2, -0.15) is 0 Å². The van der Waals surface area contributed by atoms with E-state index in [9.17, 15) is 14.4 Å². The van der Waals surface area contributed by atoms with Crippen LogP contribution in [-0.2, 0) is 14.3 Å². The van der Waals surface area contributed by atoms with Crippen molar-refractivity contribution in [3.63, 3.8) is 0 Å². The van der Waals surface area contributed by atoms with Gasteiger partial charge in [0.2, 0.25) is 5.91 Å². The van der Waals surface area contributed by atoms with Crippen LogP contribution in [0.1, 0.15) is 17.2 Å². The average molecular weight is 339 g/mol. The molecule has 1 heterocycles. The van der Waals surface area contributed by atoms with Crippen LogP contribution >= 0.6 is 0 Å². The number of hydrazine groups is 1. The largest absolute Gasteiger partial charge is 0.359 e. The van der Waals surface area contributed by atoms with Gasteiger partial charge in [0.25, 0.3) is 5.91 Å². The van der Waals surface area contributed by atoms with E-state index in [4.69, 9.17) is 4.74 Å². The molecule has 1 aliphatic rings. The summed E-state index contributed by atoms with van der Waals surface area (Å²) in [6, 6.07) is 18.4. The highest BCUT2D eigenvalue weighted by Crippen LogP contribution is 2.25. The number of amides is 4. The summed E-state index contributed by atoms with van der Waals surface area (Å²) in [5.74, 6) is -0.973. The number of benzene rings is 2. The fraction of sp³-hybridized carbons (Fsp3) is 0.167. The quantitative estimate of drug-likeness (QED) is 0.778. The topological polar surface area (TPSA) is 87.7 Å². The van der Waals surface area contributed by atoms with E-state index in [0.29, 0.717) is 0 Å². The second-order valence-electron chi connectivity index (χ2n) is 5.49. The number of carbonyl (C=O) groups excluding carboxylic acids is 3. The van der Waals surface area contributed by atoms with Gasteiger partial charge in [0.1, 0.15) is 19.3 Å². The van der Waals surface area contributed by atoms with Crippen molar-refractivity contribution in [2.24, 2.45) is 0 Å². The highest BCUT2D eigenvalue weighted by molar-refractivity contribution is 6.02. The van der Waals surface area contributed by atoms with E-state index < -0.39 is 23.9 Å². The Kier molecular flexibility index (Phi) is 5.06. The summed E-state index contributed by atoms with van der Waals surface area (Å²) in [5, 5.41) is 3.01. The maximum absolute atomic E-state index is 12.0. The number of urea groups is 1. The molecular weight excluding hydrogens is 322 g/mol. The highest BCUT2D eigenvalue weighted by atomic mass is 16.5. The zero-order valence-electron chi connectivity index (χ0n) is 13.3. The minimum absolute atomic E-state index is 0.203. The van der Waals surface area contributed by atoms with E-state index in [-0.39, 0.29) is 13.2 Å². The molecule has 0 atom stereocenters. The van der Waals surface area contributed by atoms with E-state index >= 15 is 0 Å². The lowest BCUT2D eigenvalue weighted by molar-refractivity contribution is -0.130. The van der Waals surface area contributed by atoms with Gasteiger partial charge >= 0.3 is 6.03 Å². The minimum atomic E-state index is -0.652. The van der Waals surface area contributed by atoms with Crippen LogP contribution in [0, 0.1) is 0 Å². The minimum Gasteiger partial charge on any atom is -0.359 e. The van der Waals surface area contributed by atoms with Crippen LogP contribution in [0.2, 0.25) is 0 Å². The molecule has 1 aliphatic heterocycles. The lowest BCUT2D eigenvalue weighted by atomic mass is 10.0. The molecule has 4 amide bonds. The molecule has 25 heavy (non-hydrogen) atoms.